The predicted octanol–water partition coefficient (Wildman–Crippen LogP) is 3.70. The highest BCUT2D eigenvalue weighted by Gasteiger charge is 2.33. The van der Waals surface area contributed by atoms with E-state index in [1.807, 2.05) is 34.6 Å². The summed E-state index contributed by atoms with van der Waals surface area (Å²) >= 11 is 1.55. The van der Waals surface area contributed by atoms with Crippen molar-refractivity contribution in [1.82, 2.24) is 4.90 Å². The summed E-state index contributed by atoms with van der Waals surface area (Å²) in [7, 11) is 0. The Labute approximate surface area is 135 Å². The van der Waals surface area contributed by atoms with Crippen LogP contribution in [0.25, 0.3) is 0 Å². The van der Waals surface area contributed by atoms with Gasteiger partial charge in [-0.25, -0.2) is 4.79 Å². The summed E-state index contributed by atoms with van der Waals surface area (Å²) in [6.07, 6.45) is 0.508. The molecule has 2 heterocycles. The molecule has 1 aromatic heterocycles. The van der Waals surface area contributed by atoms with Gasteiger partial charge in [0.2, 0.25) is 5.91 Å². The summed E-state index contributed by atoms with van der Waals surface area (Å²) < 4.78 is 5.49. The third-order valence-corrected chi connectivity index (χ3v) is 4.85. The molecule has 1 N–H and O–H groups in total. The highest BCUT2D eigenvalue weighted by Crippen LogP contribution is 2.38. The minimum atomic E-state index is -0.496. The van der Waals surface area contributed by atoms with Crippen LogP contribution in [0.5, 0.6) is 0 Å². The Hall–Kier alpha value is -1.56. The first-order valence-electron chi connectivity index (χ1n) is 7.47. The molecule has 0 saturated heterocycles. The van der Waals surface area contributed by atoms with Gasteiger partial charge in [0, 0.05) is 17.8 Å². The Morgan fingerprint density at radius 1 is 1.36 bits per heavy atom. The van der Waals surface area contributed by atoms with E-state index in [1.54, 1.807) is 16.2 Å². The summed E-state index contributed by atoms with van der Waals surface area (Å²) in [5, 5.41) is 3.76. The number of anilines is 1. The minimum Gasteiger partial charge on any atom is -0.444 e. The molecular weight excluding hydrogens is 300 g/mol. The molecule has 1 aliphatic rings. The van der Waals surface area contributed by atoms with Gasteiger partial charge in [-0.3, -0.25) is 4.79 Å². The van der Waals surface area contributed by atoms with Gasteiger partial charge in [-0.1, -0.05) is 0 Å². The summed E-state index contributed by atoms with van der Waals surface area (Å²) in [5.41, 5.74) is 1.87. The topological polar surface area (TPSA) is 58.6 Å². The van der Waals surface area contributed by atoms with Crippen molar-refractivity contribution in [3.8, 4) is 0 Å². The van der Waals surface area contributed by atoms with Gasteiger partial charge in [0.25, 0.3) is 0 Å². The summed E-state index contributed by atoms with van der Waals surface area (Å²) in [6.45, 7) is 11.7. The fraction of sp³-hybridized carbons (Fsp3) is 0.625. The second kappa shape index (κ2) is 5.91. The van der Waals surface area contributed by atoms with Gasteiger partial charge in [-0.2, -0.15) is 0 Å². The lowest BCUT2D eigenvalue weighted by molar-refractivity contribution is -0.114. The van der Waals surface area contributed by atoms with E-state index in [4.69, 9.17) is 4.74 Å². The van der Waals surface area contributed by atoms with Gasteiger partial charge in [0.15, 0.2) is 0 Å². The van der Waals surface area contributed by atoms with E-state index >= 15 is 0 Å². The Kier molecular flexibility index (Phi) is 4.52. The predicted molar refractivity (Wildman–Crippen MR) is 88.3 cm³/mol. The van der Waals surface area contributed by atoms with Crippen molar-refractivity contribution in [1.29, 1.82) is 0 Å². The van der Waals surface area contributed by atoms with Crippen LogP contribution in [0.2, 0.25) is 0 Å². The number of hydrogen-bond donors (Lipinski definition) is 1. The van der Waals surface area contributed by atoms with Crippen LogP contribution in [0.3, 0.4) is 0 Å². The number of rotatable bonds is 1. The van der Waals surface area contributed by atoms with E-state index in [9.17, 15) is 9.59 Å². The maximum Gasteiger partial charge on any atom is 0.410 e. The van der Waals surface area contributed by atoms with E-state index < -0.39 is 5.60 Å². The second-order valence-corrected chi connectivity index (χ2v) is 7.91. The Balaban J connectivity index is 2.22. The van der Waals surface area contributed by atoms with E-state index in [1.165, 1.54) is 12.5 Å². The molecule has 1 atom stereocenters. The van der Waals surface area contributed by atoms with Crippen molar-refractivity contribution in [2.75, 3.05) is 5.32 Å². The van der Waals surface area contributed by atoms with E-state index in [-0.39, 0.29) is 18.0 Å². The molecule has 2 amide bonds. The molecule has 1 aromatic rings. The number of fused-ring (bicyclic) bond motifs is 1. The van der Waals surface area contributed by atoms with Crippen LogP contribution < -0.4 is 5.32 Å². The molecule has 5 nitrogen and oxygen atoms in total. The Bertz CT molecular complexity index is 601. The van der Waals surface area contributed by atoms with Gasteiger partial charge in [-0.05, 0) is 52.2 Å². The Morgan fingerprint density at radius 2 is 2.00 bits per heavy atom. The third kappa shape index (κ3) is 3.61. The molecule has 0 radical (unpaired) electrons. The molecule has 0 fully saturated rings. The van der Waals surface area contributed by atoms with Crippen LogP contribution >= 0.6 is 11.3 Å². The normalized spacial score (nSPS) is 17.9. The van der Waals surface area contributed by atoms with Gasteiger partial charge < -0.3 is 15.0 Å². The first kappa shape index (κ1) is 16.8. The average molecular weight is 324 g/mol. The molecule has 0 aromatic carbocycles. The highest BCUT2D eigenvalue weighted by molar-refractivity contribution is 7.16. The first-order chi connectivity index (χ1) is 10.1. The molecule has 22 heavy (non-hydrogen) atoms. The summed E-state index contributed by atoms with van der Waals surface area (Å²) in [6, 6.07) is 0.0841. The molecule has 122 valence electrons. The van der Waals surface area contributed by atoms with E-state index in [0.29, 0.717) is 6.54 Å². The maximum absolute atomic E-state index is 12.3. The molecule has 0 spiro atoms. The van der Waals surface area contributed by atoms with Gasteiger partial charge in [-0.15, -0.1) is 11.3 Å². The van der Waals surface area contributed by atoms with E-state index in [0.717, 1.165) is 21.9 Å². The lowest BCUT2D eigenvalue weighted by atomic mass is 9.98. The molecule has 0 saturated carbocycles. The van der Waals surface area contributed by atoms with E-state index in [2.05, 4.69) is 5.32 Å². The number of carbonyl (C=O) groups excluding carboxylic acids is 2. The van der Waals surface area contributed by atoms with Crippen LogP contribution in [0.1, 0.15) is 50.6 Å². The average Bonchev–Trinajstić information content (AvgIpc) is 2.63. The van der Waals surface area contributed by atoms with Crippen LogP contribution in [0.15, 0.2) is 0 Å². The number of nitrogens with zero attached hydrogens (tertiary/aromatic N) is 1. The molecular formula is C16H24N2O3S. The standard InChI is InChI=1S/C16H24N2O3S/c1-9-7-12-10(2)14(17-11(3)19)22-13(12)8-18(9)15(20)21-16(4,5)6/h9H,7-8H2,1-6H3,(H,17,19). The number of amides is 2. The summed E-state index contributed by atoms with van der Waals surface area (Å²) in [4.78, 5) is 26.5. The van der Waals surface area contributed by atoms with Crippen LogP contribution in [-0.2, 0) is 22.5 Å². The number of thiophene rings is 1. The van der Waals surface area contributed by atoms with Crippen molar-refractivity contribution < 1.29 is 14.3 Å². The lowest BCUT2D eigenvalue weighted by Gasteiger charge is -2.35. The number of nitrogens with one attached hydrogen (secondary N) is 1. The zero-order chi connectivity index (χ0) is 16.7. The van der Waals surface area contributed by atoms with Crippen molar-refractivity contribution in [3.63, 3.8) is 0 Å². The molecule has 0 bridgehead atoms. The molecule has 6 heteroatoms. The fourth-order valence-electron chi connectivity index (χ4n) is 2.56. The van der Waals surface area contributed by atoms with Crippen molar-refractivity contribution in [3.05, 3.63) is 16.0 Å². The zero-order valence-electron chi connectivity index (χ0n) is 14.1. The Morgan fingerprint density at radius 3 is 2.55 bits per heavy atom. The first-order valence-corrected chi connectivity index (χ1v) is 8.28. The van der Waals surface area contributed by atoms with Crippen molar-refractivity contribution in [2.24, 2.45) is 0 Å². The minimum absolute atomic E-state index is 0.0706. The zero-order valence-corrected chi connectivity index (χ0v) is 14.9. The molecule has 0 aliphatic carbocycles. The number of hydrogen-bond acceptors (Lipinski definition) is 4. The smallest absolute Gasteiger partial charge is 0.410 e. The highest BCUT2D eigenvalue weighted by atomic mass is 32.1. The maximum atomic E-state index is 12.3. The SMILES string of the molecule is CC(=O)Nc1sc2c(c1C)CC(C)N(C(=O)OC(C)(C)C)C2. The quantitative estimate of drug-likeness (QED) is 0.857. The molecule has 1 aliphatic heterocycles. The second-order valence-electron chi connectivity index (χ2n) is 6.80. The number of carbonyl (C=O) groups is 2. The molecule has 2 rings (SSSR count). The van der Waals surface area contributed by atoms with Crippen molar-refractivity contribution in [2.45, 2.75) is 66.2 Å². The largest absolute Gasteiger partial charge is 0.444 e. The fourth-order valence-corrected chi connectivity index (χ4v) is 3.84. The van der Waals surface area contributed by atoms with Crippen LogP contribution in [0.4, 0.5) is 9.80 Å². The number of ether oxygens (including phenoxy) is 1. The summed E-state index contributed by atoms with van der Waals surface area (Å²) in [5.74, 6) is -0.0706. The van der Waals surface area contributed by atoms with Crippen LogP contribution in [0, 0.1) is 6.92 Å². The van der Waals surface area contributed by atoms with Gasteiger partial charge in [0.05, 0.1) is 11.5 Å². The lowest BCUT2D eigenvalue weighted by Crippen LogP contribution is -2.44. The third-order valence-electron chi connectivity index (χ3n) is 3.62. The monoisotopic (exact) mass is 324 g/mol. The van der Waals surface area contributed by atoms with Gasteiger partial charge in [0.1, 0.15) is 5.60 Å². The molecule has 1 unspecified atom stereocenters. The van der Waals surface area contributed by atoms with Gasteiger partial charge >= 0.3 is 6.09 Å². The van der Waals surface area contributed by atoms with Crippen molar-refractivity contribution >= 4 is 28.3 Å². The van der Waals surface area contributed by atoms with Crippen LogP contribution in [-0.4, -0.2) is 28.5 Å².